The molecule has 0 unspecified atom stereocenters. The number of hydrogen-bond acceptors (Lipinski definition) is 5. The van der Waals surface area contributed by atoms with Gasteiger partial charge in [0, 0.05) is 6.20 Å². The van der Waals surface area contributed by atoms with E-state index in [-0.39, 0.29) is 0 Å². The summed E-state index contributed by atoms with van der Waals surface area (Å²) >= 11 is 1.16. The number of rotatable bonds is 0. The van der Waals surface area contributed by atoms with Crippen LogP contribution < -0.4 is 14.4 Å². The third-order valence-electron chi connectivity index (χ3n) is 1.35. The lowest BCUT2D eigenvalue weighted by molar-refractivity contribution is 0.634. The number of aromatic nitrogens is 1. The van der Waals surface area contributed by atoms with Crippen LogP contribution in [0, 0.1) is 0 Å². The summed E-state index contributed by atoms with van der Waals surface area (Å²) in [5, 5.41) is 0. The highest BCUT2D eigenvalue weighted by Crippen LogP contribution is 2.19. The molecule has 0 aromatic carbocycles. The van der Waals surface area contributed by atoms with Gasteiger partial charge in [-0.1, -0.05) is 0 Å². The Balaban J connectivity index is 2.33. The summed E-state index contributed by atoms with van der Waals surface area (Å²) in [4.78, 5) is 6.94. The normalized spacial score (nSPS) is 16.4. The van der Waals surface area contributed by atoms with E-state index in [2.05, 4.69) is 15.2 Å². The van der Waals surface area contributed by atoms with Gasteiger partial charge in [-0.2, -0.15) is 4.83 Å². The van der Waals surface area contributed by atoms with E-state index in [1.165, 1.54) is 0 Å². The Hall–Kier alpha value is -0.780. The molecular weight excluding hydrogens is 162 g/mol. The Labute approximate surface area is 68.7 Å². The molecule has 4 nitrogen and oxygen atoms in total. The lowest BCUT2D eigenvalue weighted by Crippen LogP contribution is -2.23. The fraction of sp³-hybridized carbons (Fsp3) is 0.167. The van der Waals surface area contributed by atoms with Crippen molar-refractivity contribution in [3.63, 3.8) is 0 Å². The van der Waals surface area contributed by atoms with E-state index in [0.717, 1.165) is 23.7 Å². The highest BCUT2D eigenvalue weighted by molar-refractivity contribution is 7.93. The molecule has 1 aliphatic rings. The Bertz CT molecular complexity index is 230. The number of pyridine rings is 1. The molecule has 0 fully saturated rings. The predicted molar refractivity (Wildman–Crippen MR) is 42.4 cm³/mol. The summed E-state index contributed by atoms with van der Waals surface area (Å²) < 4.78 is 5.23. The van der Waals surface area contributed by atoms with Crippen LogP contribution in [0.1, 0.15) is 5.69 Å². The Kier molecular flexibility index (Phi) is 1.93. The quantitative estimate of drug-likeness (QED) is 0.440. The molecule has 0 saturated carbocycles. The van der Waals surface area contributed by atoms with Crippen molar-refractivity contribution in [2.24, 2.45) is 0 Å². The monoisotopic (exact) mass is 169 g/mol. The SMILES string of the molecule is c1cnc2c(c1)OSNNC2. The summed E-state index contributed by atoms with van der Waals surface area (Å²) in [7, 11) is 0. The maximum absolute atomic E-state index is 5.23. The molecule has 2 N–H and O–H groups in total. The molecule has 2 rings (SSSR count). The van der Waals surface area contributed by atoms with Crippen LogP contribution in [-0.2, 0) is 6.54 Å². The van der Waals surface area contributed by atoms with E-state index >= 15 is 0 Å². The van der Waals surface area contributed by atoms with Crippen molar-refractivity contribution in [3.8, 4) is 5.75 Å². The lowest BCUT2D eigenvalue weighted by Gasteiger charge is -1.99. The summed E-state index contributed by atoms with van der Waals surface area (Å²) in [6.07, 6.45) is 1.75. The topological polar surface area (TPSA) is 46.2 Å². The molecular formula is C6H7N3OS. The lowest BCUT2D eigenvalue weighted by atomic mass is 10.3. The summed E-state index contributed by atoms with van der Waals surface area (Å²) in [6, 6.07) is 3.74. The highest BCUT2D eigenvalue weighted by Gasteiger charge is 2.07. The minimum absolute atomic E-state index is 0.684. The van der Waals surface area contributed by atoms with Gasteiger partial charge in [-0.05, 0) is 12.1 Å². The second-order valence-electron chi connectivity index (χ2n) is 2.07. The van der Waals surface area contributed by atoms with Gasteiger partial charge < -0.3 is 4.18 Å². The molecule has 0 saturated heterocycles. The molecule has 58 valence electrons. The first-order valence-electron chi connectivity index (χ1n) is 3.22. The van der Waals surface area contributed by atoms with Crippen LogP contribution in [0.15, 0.2) is 18.3 Å². The molecule has 11 heavy (non-hydrogen) atoms. The van der Waals surface area contributed by atoms with Gasteiger partial charge >= 0.3 is 0 Å². The minimum Gasteiger partial charge on any atom is -0.407 e. The van der Waals surface area contributed by atoms with E-state index in [9.17, 15) is 0 Å². The first-order valence-corrected chi connectivity index (χ1v) is 3.96. The maximum atomic E-state index is 5.23. The van der Waals surface area contributed by atoms with E-state index in [4.69, 9.17) is 4.18 Å². The van der Waals surface area contributed by atoms with Crippen molar-refractivity contribution < 1.29 is 4.18 Å². The number of hydrazine groups is 1. The summed E-state index contributed by atoms with van der Waals surface area (Å²) in [6.45, 7) is 0.684. The van der Waals surface area contributed by atoms with Gasteiger partial charge in [-0.25, -0.2) is 5.43 Å². The molecule has 2 heterocycles. The van der Waals surface area contributed by atoms with Crippen LogP contribution in [0.25, 0.3) is 0 Å². The summed E-state index contributed by atoms with van der Waals surface area (Å²) in [5.41, 5.74) is 3.85. The third kappa shape index (κ3) is 1.45. The van der Waals surface area contributed by atoms with Gasteiger partial charge in [0.2, 0.25) is 0 Å². The van der Waals surface area contributed by atoms with Gasteiger partial charge in [0.25, 0.3) is 0 Å². The zero-order valence-electron chi connectivity index (χ0n) is 5.70. The van der Waals surface area contributed by atoms with Crippen molar-refractivity contribution in [1.29, 1.82) is 0 Å². The van der Waals surface area contributed by atoms with Crippen LogP contribution in [-0.4, -0.2) is 4.98 Å². The highest BCUT2D eigenvalue weighted by atomic mass is 32.2. The molecule has 5 heteroatoms. The molecule has 0 amide bonds. The summed E-state index contributed by atoms with van der Waals surface area (Å²) in [5.74, 6) is 0.815. The first-order chi connectivity index (χ1) is 5.47. The minimum atomic E-state index is 0.684. The number of nitrogens with one attached hydrogen (secondary N) is 2. The van der Waals surface area contributed by atoms with Crippen molar-refractivity contribution in [3.05, 3.63) is 24.0 Å². The number of hydrogen-bond donors (Lipinski definition) is 2. The number of nitrogens with zero attached hydrogens (tertiary/aromatic N) is 1. The van der Waals surface area contributed by atoms with Crippen LogP contribution in [0.2, 0.25) is 0 Å². The predicted octanol–water partition coefficient (Wildman–Crippen LogP) is 0.631. The van der Waals surface area contributed by atoms with Crippen LogP contribution in [0.3, 0.4) is 0 Å². The van der Waals surface area contributed by atoms with Gasteiger partial charge in [0.15, 0.2) is 18.0 Å². The van der Waals surface area contributed by atoms with Crippen molar-refractivity contribution in [2.45, 2.75) is 6.54 Å². The molecule has 0 atom stereocenters. The van der Waals surface area contributed by atoms with Crippen molar-refractivity contribution >= 4 is 12.2 Å². The molecule has 0 spiro atoms. The van der Waals surface area contributed by atoms with Crippen LogP contribution >= 0.6 is 12.2 Å². The van der Waals surface area contributed by atoms with Crippen LogP contribution in [0.5, 0.6) is 5.75 Å². The van der Waals surface area contributed by atoms with E-state index in [0.29, 0.717) is 6.54 Å². The second-order valence-corrected chi connectivity index (χ2v) is 2.61. The standard InChI is InChI=1S/C6H7N3OS/c1-2-6-5(7-3-1)4-8-9-11-10-6/h1-3,8-9H,4H2. The second kappa shape index (κ2) is 3.08. The van der Waals surface area contributed by atoms with Gasteiger partial charge in [0.05, 0.1) is 12.2 Å². The molecule has 0 bridgehead atoms. The zero-order chi connectivity index (χ0) is 7.52. The smallest absolute Gasteiger partial charge is 0.162 e. The van der Waals surface area contributed by atoms with Gasteiger partial charge in [-0.3, -0.25) is 4.98 Å². The third-order valence-corrected chi connectivity index (χ3v) is 1.84. The van der Waals surface area contributed by atoms with E-state index in [1.807, 2.05) is 12.1 Å². The van der Waals surface area contributed by atoms with Crippen LogP contribution in [0.4, 0.5) is 0 Å². The van der Waals surface area contributed by atoms with Gasteiger partial charge in [-0.15, -0.1) is 0 Å². The first kappa shape index (κ1) is 6.90. The molecule has 0 radical (unpaired) electrons. The molecule has 1 aliphatic heterocycles. The average molecular weight is 169 g/mol. The Morgan fingerprint density at radius 3 is 3.64 bits per heavy atom. The molecule has 1 aromatic heterocycles. The largest absolute Gasteiger partial charge is 0.407 e. The van der Waals surface area contributed by atoms with Crippen molar-refractivity contribution in [2.75, 3.05) is 0 Å². The maximum Gasteiger partial charge on any atom is 0.162 e. The average Bonchev–Trinajstić information content (AvgIpc) is 2.28. The van der Waals surface area contributed by atoms with E-state index in [1.54, 1.807) is 6.20 Å². The molecule has 1 aromatic rings. The van der Waals surface area contributed by atoms with E-state index < -0.39 is 0 Å². The Morgan fingerprint density at radius 1 is 1.64 bits per heavy atom. The van der Waals surface area contributed by atoms with Gasteiger partial charge in [0.1, 0.15) is 0 Å². The number of fused-ring (bicyclic) bond motifs is 1. The fourth-order valence-corrected chi connectivity index (χ4v) is 1.26. The molecule has 0 aliphatic carbocycles. The zero-order valence-corrected chi connectivity index (χ0v) is 6.52. The fourth-order valence-electron chi connectivity index (χ4n) is 0.847. The Morgan fingerprint density at radius 2 is 2.64 bits per heavy atom. The van der Waals surface area contributed by atoms with Crippen molar-refractivity contribution in [1.82, 2.24) is 15.2 Å².